The molecule has 0 saturated heterocycles. The summed E-state index contributed by atoms with van der Waals surface area (Å²) in [7, 11) is 0. The molecule has 98 valence electrons. The van der Waals surface area contributed by atoms with Gasteiger partial charge in [0.15, 0.2) is 0 Å². The highest BCUT2D eigenvalue weighted by Gasteiger charge is 2.12. The third-order valence-electron chi connectivity index (χ3n) is 3.26. The molecule has 1 fully saturated rings. The van der Waals surface area contributed by atoms with Crippen LogP contribution in [0.25, 0.3) is 0 Å². The summed E-state index contributed by atoms with van der Waals surface area (Å²) in [6, 6.07) is 5.49. The lowest BCUT2D eigenvalue weighted by Crippen LogP contribution is -2.24. The lowest BCUT2D eigenvalue weighted by molar-refractivity contribution is 0.0301. The van der Waals surface area contributed by atoms with Gasteiger partial charge in [0.05, 0.1) is 19.3 Å². The van der Waals surface area contributed by atoms with E-state index in [1.165, 1.54) is 32.1 Å². The molecule has 0 atom stereocenters. The molecule has 1 saturated carbocycles. The van der Waals surface area contributed by atoms with Gasteiger partial charge in [0, 0.05) is 6.54 Å². The van der Waals surface area contributed by atoms with E-state index in [2.05, 4.69) is 5.32 Å². The molecular formula is C14H20N2O2. The van der Waals surface area contributed by atoms with Gasteiger partial charge in [0.25, 0.3) is 0 Å². The fourth-order valence-electron chi connectivity index (χ4n) is 2.27. The number of furan rings is 1. The largest absolute Gasteiger partial charge is 0.449 e. The Bertz CT molecular complexity index is 389. The molecule has 0 aromatic carbocycles. The van der Waals surface area contributed by atoms with Gasteiger partial charge in [0.2, 0.25) is 5.76 Å². The zero-order chi connectivity index (χ0) is 12.6. The molecule has 1 aromatic rings. The second-order valence-electron chi connectivity index (χ2n) is 4.69. The van der Waals surface area contributed by atoms with Gasteiger partial charge in [-0.25, -0.2) is 0 Å². The topological polar surface area (TPSA) is 58.2 Å². The highest BCUT2D eigenvalue weighted by atomic mass is 16.5. The molecule has 0 amide bonds. The summed E-state index contributed by atoms with van der Waals surface area (Å²) in [4.78, 5) is 0. The zero-order valence-electron chi connectivity index (χ0n) is 10.7. The molecule has 0 unspecified atom stereocenters. The van der Waals surface area contributed by atoms with E-state index in [9.17, 15) is 0 Å². The lowest BCUT2D eigenvalue weighted by Gasteiger charge is -2.21. The van der Waals surface area contributed by atoms with Crippen LogP contribution in [0.1, 0.15) is 43.6 Å². The normalized spacial score (nSPS) is 16.6. The molecule has 1 N–H and O–H groups in total. The Hall–Kier alpha value is -1.31. The van der Waals surface area contributed by atoms with E-state index in [0.29, 0.717) is 18.4 Å². The number of hydrogen-bond donors (Lipinski definition) is 1. The Labute approximate surface area is 108 Å². The summed E-state index contributed by atoms with van der Waals surface area (Å²) >= 11 is 0. The minimum atomic E-state index is 0.366. The van der Waals surface area contributed by atoms with E-state index in [1.54, 1.807) is 6.07 Å². The molecule has 0 radical (unpaired) electrons. The van der Waals surface area contributed by atoms with Crippen LogP contribution in [0.3, 0.4) is 0 Å². The second-order valence-corrected chi connectivity index (χ2v) is 4.69. The summed E-state index contributed by atoms with van der Waals surface area (Å²) in [6.45, 7) is 2.21. The van der Waals surface area contributed by atoms with Crippen molar-refractivity contribution >= 4 is 0 Å². The monoisotopic (exact) mass is 248 g/mol. The highest BCUT2D eigenvalue weighted by Crippen LogP contribution is 2.19. The van der Waals surface area contributed by atoms with Crippen molar-refractivity contribution in [2.45, 2.75) is 44.8 Å². The van der Waals surface area contributed by atoms with Crippen LogP contribution in [0.2, 0.25) is 0 Å². The van der Waals surface area contributed by atoms with Gasteiger partial charge in [-0.3, -0.25) is 0 Å². The Morgan fingerprint density at radius 2 is 2.17 bits per heavy atom. The van der Waals surface area contributed by atoms with Crippen molar-refractivity contribution in [1.82, 2.24) is 5.32 Å². The zero-order valence-corrected chi connectivity index (χ0v) is 10.7. The summed E-state index contributed by atoms with van der Waals surface area (Å²) in [5.41, 5.74) is 0. The Morgan fingerprint density at radius 1 is 1.33 bits per heavy atom. The lowest BCUT2D eigenvalue weighted by atomic mass is 9.98. The van der Waals surface area contributed by atoms with Gasteiger partial charge in [-0.1, -0.05) is 19.3 Å². The van der Waals surface area contributed by atoms with Crippen LogP contribution in [0.15, 0.2) is 16.5 Å². The van der Waals surface area contributed by atoms with Crippen LogP contribution in [0.4, 0.5) is 0 Å². The Morgan fingerprint density at radius 3 is 2.89 bits per heavy atom. The van der Waals surface area contributed by atoms with E-state index >= 15 is 0 Å². The van der Waals surface area contributed by atoms with Crippen molar-refractivity contribution in [2.75, 3.05) is 13.2 Å². The number of rotatable bonds is 6. The van der Waals surface area contributed by atoms with Gasteiger partial charge in [-0.05, 0) is 25.0 Å². The fourth-order valence-corrected chi connectivity index (χ4v) is 2.27. The average Bonchev–Trinajstić information content (AvgIpc) is 2.87. The molecule has 0 aliphatic heterocycles. The minimum absolute atomic E-state index is 0.366. The summed E-state index contributed by atoms with van der Waals surface area (Å²) in [5, 5.41) is 11.9. The molecule has 1 aliphatic rings. The standard InChI is InChI=1S/C14H20N2O2/c15-10-13-6-7-14(18-13)11-16-8-9-17-12-4-2-1-3-5-12/h6-7,12,16H,1-5,8-9,11H2. The molecule has 0 bridgehead atoms. The van der Waals surface area contributed by atoms with Crippen molar-refractivity contribution < 1.29 is 9.15 Å². The van der Waals surface area contributed by atoms with Gasteiger partial charge < -0.3 is 14.5 Å². The number of ether oxygens (including phenoxy) is 1. The molecule has 18 heavy (non-hydrogen) atoms. The summed E-state index contributed by atoms with van der Waals surface area (Å²) in [5.74, 6) is 1.16. The average molecular weight is 248 g/mol. The van der Waals surface area contributed by atoms with Crippen LogP contribution >= 0.6 is 0 Å². The maximum absolute atomic E-state index is 8.62. The Kier molecular flexibility index (Phi) is 5.25. The molecule has 4 nitrogen and oxygen atoms in total. The third-order valence-corrected chi connectivity index (χ3v) is 3.26. The van der Waals surface area contributed by atoms with Crippen LogP contribution < -0.4 is 5.32 Å². The first kappa shape index (κ1) is 13.1. The van der Waals surface area contributed by atoms with Gasteiger partial charge in [0.1, 0.15) is 11.8 Å². The van der Waals surface area contributed by atoms with Crippen LogP contribution in [-0.4, -0.2) is 19.3 Å². The van der Waals surface area contributed by atoms with Crippen LogP contribution in [-0.2, 0) is 11.3 Å². The van der Waals surface area contributed by atoms with Crippen LogP contribution in [0.5, 0.6) is 0 Å². The van der Waals surface area contributed by atoms with E-state index in [4.69, 9.17) is 14.4 Å². The first-order valence-electron chi connectivity index (χ1n) is 6.69. The molecule has 4 heteroatoms. The summed E-state index contributed by atoms with van der Waals surface area (Å²) < 4.78 is 11.1. The molecule has 0 spiro atoms. The highest BCUT2D eigenvalue weighted by molar-refractivity contribution is 5.18. The predicted octanol–water partition coefficient (Wildman–Crippen LogP) is 2.59. The van der Waals surface area contributed by atoms with Crippen molar-refractivity contribution in [1.29, 1.82) is 5.26 Å². The number of nitrogens with zero attached hydrogens (tertiary/aromatic N) is 1. The molecular weight excluding hydrogens is 228 g/mol. The second kappa shape index (κ2) is 7.20. The maximum Gasteiger partial charge on any atom is 0.203 e. The molecule has 2 rings (SSSR count). The SMILES string of the molecule is N#Cc1ccc(CNCCOC2CCCCC2)o1. The summed E-state index contributed by atoms with van der Waals surface area (Å²) in [6.07, 6.45) is 6.86. The number of hydrogen-bond acceptors (Lipinski definition) is 4. The van der Waals surface area contributed by atoms with Crippen molar-refractivity contribution in [3.05, 3.63) is 23.7 Å². The fraction of sp³-hybridized carbons (Fsp3) is 0.643. The predicted molar refractivity (Wildman–Crippen MR) is 68.0 cm³/mol. The molecule has 1 heterocycles. The first-order chi connectivity index (χ1) is 8.88. The van der Waals surface area contributed by atoms with Crippen molar-refractivity contribution in [3.63, 3.8) is 0 Å². The minimum Gasteiger partial charge on any atom is -0.449 e. The number of nitriles is 1. The number of nitrogens with one attached hydrogen (secondary N) is 1. The molecule has 1 aromatic heterocycles. The smallest absolute Gasteiger partial charge is 0.203 e. The van der Waals surface area contributed by atoms with Gasteiger partial charge in [-0.15, -0.1) is 0 Å². The Balaban J connectivity index is 1.54. The van der Waals surface area contributed by atoms with Gasteiger partial charge in [-0.2, -0.15) is 5.26 Å². The quantitative estimate of drug-likeness (QED) is 0.786. The molecule has 1 aliphatic carbocycles. The van der Waals surface area contributed by atoms with E-state index in [0.717, 1.165) is 18.9 Å². The van der Waals surface area contributed by atoms with E-state index in [1.807, 2.05) is 12.1 Å². The van der Waals surface area contributed by atoms with Crippen molar-refractivity contribution in [2.24, 2.45) is 0 Å². The third kappa shape index (κ3) is 4.17. The van der Waals surface area contributed by atoms with Crippen LogP contribution in [0, 0.1) is 11.3 Å². The van der Waals surface area contributed by atoms with E-state index < -0.39 is 0 Å². The van der Waals surface area contributed by atoms with Gasteiger partial charge >= 0.3 is 0 Å². The van der Waals surface area contributed by atoms with Crippen molar-refractivity contribution in [3.8, 4) is 6.07 Å². The first-order valence-corrected chi connectivity index (χ1v) is 6.69. The maximum atomic E-state index is 8.62. The van der Waals surface area contributed by atoms with E-state index in [-0.39, 0.29) is 0 Å².